The molecule has 0 aliphatic carbocycles. The Hall–Kier alpha value is -2.04. The van der Waals surface area contributed by atoms with Crippen LogP contribution in [0.5, 0.6) is 0 Å². The van der Waals surface area contributed by atoms with E-state index >= 15 is 0 Å². The first-order valence-electron chi connectivity index (χ1n) is 5.46. The van der Waals surface area contributed by atoms with Gasteiger partial charge >= 0.3 is 12.0 Å². The van der Waals surface area contributed by atoms with Crippen LogP contribution in [-0.4, -0.2) is 35.1 Å². The van der Waals surface area contributed by atoms with E-state index in [4.69, 9.17) is 5.11 Å². The molecule has 0 saturated heterocycles. The number of hydrogen-bond donors (Lipinski definition) is 2. The number of aliphatic carboxylic acids is 1. The molecule has 0 spiro atoms. The molecule has 17 heavy (non-hydrogen) atoms. The van der Waals surface area contributed by atoms with Crippen LogP contribution in [0.25, 0.3) is 0 Å². The largest absolute Gasteiger partial charge is 0.480 e. The SMILES string of the molecule is CCCN(CC(=O)O)C(=O)Nc1ccccc1. The highest BCUT2D eigenvalue weighted by Crippen LogP contribution is 2.06. The fourth-order valence-corrected chi connectivity index (χ4v) is 1.41. The second-order valence-electron chi connectivity index (χ2n) is 3.61. The van der Waals surface area contributed by atoms with Gasteiger partial charge in [0.25, 0.3) is 0 Å². The summed E-state index contributed by atoms with van der Waals surface area (Å²) in [5, 5.41) is 11.4. The first-order valence-corrected chi connectivity index (χ1v) is 5.46. The maximum absolute atomic E-state index is 11.8. The first-order chi connectivity index (χ1) is 8.13. The molecule has 0 aromatic heterocycles. The number of carbonyl (C=O) groups excluding carboxylic acids is 1. The Bertz CT molecular complexity index is 379. The lowest BCUT2D eigenvalue weighted by atomic mass is 10.3. The van der Waals surface area contributed by atoms with Crippen molar-refractivity contribution < 1.29 is 14.7 Å². The highest BCUT2D eigenvalue weighted by atomic mass is 16.4. The Balaban J connectivity index is 2.62. The van der Waals surface area contributed by atoms with Crippen molar-refractivity contribution in [3.63, 3.8) is 0 Å². The van der Waals surface area contributed by atoms with Crippen LogP contribution in [0.1, 0.15) is 13.3 Å². The predicted octanol–water partition coefficient (Wildman–Crippen LogP) is 2.02. The van der Waals surface area contributed by atoms with Gasteiger partial charge in [0.15, 0.2) is 0 Å². The van der Waals surface area contributed by atoms with Crippen LogP contribution in [0.3, 0.4) is 0 Å². The van der Waals surface area contributed by atoms with E-state index in [0.717, 1.165) is 6.42 Å². The molecule has 1 rings (SSSR count). The van der Waals surface area contributed by atoms with Gasteiger partial charge in [-0.05, 0) is 18.6 Å². The van der Waals surface area contributed by atoms with Crippen LogP contribution >= 0.6 is 0 Å². The third-order valence-corrected chi connectivity index (χ3v) is 2.13. The Labute approximate surface area is 100 Å². The lowest BCUT2D eigenvalue weighted by molar-refractivity contribution is -0.137. The van der Waals surface area contributed by atoms with Crippen molar-refractivity contribution in [1.82, 2.24) is 4.90 Å². The van der Waals surface area contributed by atoms with Gasteiger partial charge in [0.05, 0.1) is 0 Å². The lowest BCUT2D eigenvalue weighted by Crippen LogP contribution is -2.39. The molecule has 0 atom stereocenters. The molecule has 5 heteroatoms. The van der Waals surface area contributed by atoms with Gasteiger partial charge in [-0.2, -0.15) is 0 Å². The molecule has 0 aliphatic rings. The van der Waals surface area contributed by atoms with Crippen LogP contribution in [0.4, 0.5) is 10.5 Å². The summed E-state index contributed by atoms with van der Waals surface area (Å²) in [5.74, 6) is -1.01. The number of hydrogen-bond acceptors (Lipinski definition) is 2. The molecular formula is C12H16N2O3. The van der Waals surface area contributed by atoms with E-state index < -0.39 is 5.97 Å². The molecule has 0 bridgehead atoms. The van der Waals surface area contributed by atoms with E-state index in [0.29, 0.717) is 12.2 Å². The average molecular weight is 236 g/mol. The second kappa shape index (κ2) is 6.52. The van der Waals surface area contributed by atoms with Gasteiger partial charge in [-0.1, -0.05) is 25.1 Å². The number of nitrogens with one attached hydrogen (secondary N) is 1. The number of amides is 2. The molecule has 0 fully saturated rings. The number of rotatable bonds is 5. The van der Waals surface area contributed by atoms with E-state index in [2.05, 4.69) is 5.32 Å². The summed E-state index contributed by atoms with van der Waals surface area (Å²) < 4.78 is 0. The summed E-state index contributed by atoms with van der Waals surface area (Å²) in [6.07, 6.45) is 0.718. The highest BCUT2D eigenvalue weighted by molar-refractivity contribution is 5.91. The van der Waals surface area contributed by atoms with E-state index in [1.807, 2.05) is 13.0 Å². The summed E-state index contributed by atoms with van der Waals surface area (Å²) in [7, 11) is 0. The number of carbonyl (C=O) groups is 2. The van der Waals surface area contributed by atoms with Gasteiger partial charge in [-0.3, -0.25) is 4.79 Å². The van der Waals surface area contributed by atoms with Crippen LogP contribution in [-0.2, 0) is 4.79 Å². The number of para-hydroxylation sites is 1. The number of anilines is 1. The van der Waals surface area contributed by atoms with Gasteiger partial charge in [0.1, 0.15) is 6.54 Å². The zero-order valence-electron chi connectivity index (χ0n) is 9.72. The zero-order chi connectivity index (χ0) is 12.7. The smallest absolute Gasteiger partial charge is 0.323 e. The van der Waals surface area contributed by atoms with Gasteiger partial charge in [0.2, 0.25) is 0 Å². The number of carboxylic acid groups (broad SMARTS) is 1. The monoisotopic (exact) mass is 236 g/mol. The third kappa shape index (κ3) is 4.55. The van der Waals surface area contributed by atoms with Crippen LogP contribution in [0.2, 0.25) is 0 Å². The summed E-state index contributed by atoms with van der Waals surface area (Å²) >= 11 is 0. The molecule has 0 unspecified atom stereocenters. The predicted molar refractivity (Wildman–Crippen MR) is 65.0 cm³/mol. The fraction of sp³-hybridized carbons (Fsp3) is 0.333. The maximum atomic E-state index is 11.8. The minimum atomic E-state index is -1.01. The Kier molecular flexibility index (Phi) is 5.00. The number of nitrogens with zero attached hydrogens (tertiary/aromatic N) is 1. The van der Waals surface area contributed by atoms with Crippen molar-refractivity contribution in [3.05, 3.63) is 30.3 Å². The van der Waals surface area contributed by atoms with Crippen molar-refractivity contribution in [1.29, 1.82) is 0 Å². The van der Waals surface area contributed by atoms with E-state index in [9.17, 15) is 9.59 Å². The fourth-order valence-electron chi connectivity index (χ4n) is 1.41. The van der Waals surface area contributed by atoms with Gasteiger partial charge in [-0.15, -0.1) is 0 Å². The van der Waals surface area contributed by atoms with Crippen molar-refractivity contribution >= 4 is 17.7 Å². The van der Waals surface area contributed by atoms with E-state index in [1.54, 1.807) is 24.3 Å². The molecule has 2 amide bonds. The van der Waals surface area contributed by atoms with Crippen molar-refractivity contribution in [2.45, 2.75) is 13.3 Å². The molecule has 92 valence electrons. The van der Waals surface area contributed by atoms with Crippen LogP contribution < -0.4 is 5.32 Å². The lowest BCUT2D eigenvalue weighted by Gasteiger charge is -2.20. The Morgan fingerprint density at radius 3 is 2.47 bits per heavy atom. The summed E-state index contributed by atoms with van der Waals surface area (Å²) in [6.45, 7) is 2.03. The molecular weight excluding hydrogens is 220 g/mol. The summed E-state index contributed by atoms with van der Waals surface area (Å²) in [5.41, 5.74) is 0.656. The number of benzene rings is 1. The molecule has 1 aromatic carbocycles. The summed E-state index contributed by atoms with van der Waals surface area (Å²) in [6, 6.07) is 8.57. The normalized spacial score (nSPS) is 9.71. The van der Waals surface area contributed by atoms with E-state index in [1.165, 1.54) is 4.90 Å². The molecule has 0 heterocycles. The standard InChI is InChI=1S/C12H16N2O3/c1-2-8-14(9-11(15)16)12(17)13-10-6-4-3-5-7-10/h3-7H,2,8-9H2,1H3,(H,13,17)(H,15,16). The minimum Gasteiger partial charge on any atom is -0.480 e. The first kappa shape index (κ1) is 13.0. The summed E-state index contributed by atoms with van der Waals surface area (Å²) in [4.78, 5) is 23.7. The van der Waals surface area contributed by atoms with Gasteiger partial charge in [0, 0.05) is 12.2 Å². The van der Waals surface area contributed by atoms with Crippen molar-refractivity contribution in [2.24, 2.45) is 0 Å². The quantitative estimate of drug-likeness (QED) is 0.821. The molecule has 0 aliphatic heterocycles. The van der Waals surface area contributed by atoms with Crippen molar-refractivity contribution in [3.8, 4) is 0 Å². The Morgan fingerprint density at radius 1 is 1.29 bits per heavy atom. The van der Waals surface area contributed by atoms with Crippen LogP contribution in [0, 0.1) is 0 Å². The number of carboxylic acids is 1. The van der Waals surface area contributed by atoms with Crippen LogP contribution in [0.15, 0.2) is 30.3 Å². The average Bonchev–Trinajstić information content (AvgIpc) is 2.29. The minimum absolute atomic E-state index is 0.285. The highest BCUT2D eigenvalue weighted by Gasteiger charge is 2.15. The molecule has 0 radical (unpaired) electrons. The second-order valence-corrected chi connectivity index (χ2v) is 3.61. The van der Waals surface area contributed by atoms with E-state index in [-0.39, 0.29) is 12.6 Å². The van der Waals surface area contributed by atoms with Crippen molar-refractivity contribution in [2.75, 3.05) is 18.4 Å². The molecule has 5 nitrogen and oxygen atoms in total. The zero-order valence-corrected chi connectivity index (χ0v) is 9.72. The van der Waals surface area contributed by atoms with Gasteiger partial charge < -0.3 is 15.3 Å². The molecule has 0 saturated carbocycles. The third-order valence-electron chi connectivity index (χ3n) is 2.13. The Morgan fingerprint density at radius 2 is 1.94 bits per heavy atom. The van der Waals surface area contributed by atoms with Gasteiger partial charge in [-0.25, -0.2) is 4.79 Å². The topological polar surface area (TPSA) is 69.6 Å². The molecule has 1 aromatic rings. The number of urea groups is 1. The molecule has 2 N–H and O–H groups in total. The maximum Gasteiger partial charge on any atom is 0.323 e.